The van der Waals surface area contributed by atoms with Crippen molar-refractivity contribution in [2.24, 2.45) is 7.05 Å². The van der Waals surface area contributed by atoms with Gasteiger partial charge < -0.3 is 9.88 Å². The van der Waals surface area contributed by atoms with Gasteiger partial charge in [-0.2, -0.15) is 0 Å². The standard InChI is InChI=1S/C12H16N2O4S/c1-4-19(17,18)6-5-11(15)13-10-8-14(3)12(16)7-9(10)2/h4,7-8H,1,5-6H2,2-3H3,(H,13,15). The molecule has 1 amide bonds. The predicted octanol–water partition coefficient (Wildman–Crippen LogP) is 0.581. The van der Waals surface area contributed by atoms with Gasteiger partial charge in [0.2, 0.25) is 5.91 Å². The lowest BCUT2D eigenvalue weighted by Crippen LogP contribution is -2.21. The molecule has 0 atom stereocenters. The summed E-state index contributed by atoms with van der Waals surface area (Å²) in [5, 5.41) is 3.41. The van der Waals surface area contributed by atoms with Crippen molar-refractivity contribution >= 4 is 21.4 Å². The van der Waals surface area contributed by atoms with Crippen LogP contribution in [0.4, 0.5) is 5.69 Å². The molecule has 0 aliphatic heterocycles. The Labute approximate surface area is 111 Å². The molecular weight excluding hydrogens is 268 g/mol. The van der Waals surface area contributed by atoms with Crippen molar-refractivity contribution in [2.45, 2.75) is 13.3 Å². The van der Waals surface area contributed by atoms with Gasteiger partial charge in [-0.3, -0.25) is 9.59 Å². The summed E-state index contributed by atoms with van der Waals surface area (Å²) < 4.78 is 23.7. The van der Waals surface area contributed by atoms with E-state index in [0.717, 1.165) is 5.41 Å². The Morgan fingerprint density at radius 3 is 2.74 bits per heavy atom. The smallest absolute Gasteiger partial charge is 0.250 e. The van der Waals surface area contributed by atoms with Gasteiger partial charge in [0, 0.05) is 31.1 Å². The van der Waals surface area contributed by atoms with Crippen molar-refractivity contribution in [1.29, 1.82) is 0 Å². The topological polar surface area (TPSA) is 85.2 Å². The molecule has 0 aliphatic rings. The molecule has 6 nitrogen and oxygen atoms in total. The summed E-state index contributed by atoms with van der Waals surface area (Å²) in [7, 11) is -1.81. The van der Waals surface area contributed by atoms with Crippen LogP contribution in [0.5, 0.6) is 0 Å². The summed E-state index contributed by atoms with van der Waals surface area (Å²) in [4.78, 5) is 23.0. The molecule has 1 heterocycles. The van der Waals surface area contributed by atoms with Crippen LogP contribution in [-0.2, 0) is 21.7 Å². The molecule has 0 aromatic carbocycles. The second-order valence-corrected chi connectivity index (χ2v) is 6.22. The van der Waals surface area contributed by atoms with E-state index in [1.165, 1.54) is 16.8 Å². The number of hydrogen-bond donors (Lipinski definition) is 1. The number of carbonyl (C=O) groups excluding carboxylic acids is 1. The van der Waals surface area contributed by atoms with Crippen molar-refractivity contribution in [3.63, 3.8) is 0 Å². The Balaban J connectivity index is 2.76. The molecule has 104 valence electrons. The van der Waals surface area contributed by atoms with Crippen LogP contribution in [0, 0.1) is 6.92 Å². The number of nitrogens with zero attached hydrogens (tertiary/aromatic N) is 1. The Hall–Kier alpha value is -1.89. The maximum atomic E-state index is 11.6. The third-order valence-corrected chi connectivity index (χ3v) is 3.86. The molecule has 1 N–H and O–H groups in total. The number of aromatic nitrogens is 1. The highest BCUT2D eigenvalue weighted by molar-refractivity contribution is 7.94. The van der Waals surface area contributed by atoms with Gasteiger partial charge in [0.1, 0.15) is 0 Å². The van der Waals surface area contributed by atoms with Gasteiger partial charge in [-0.25, -0.2) is 8.42 Å². The number of pyridine rings is 1. The third-order valence-electron chi connectivity index (χ3n) is 2.58. The summed E-state index contributed by atoms with van der Waals surface area (Å²) in [6, 6.07) is 1.40. The molecule has 0 fully saturated rings. The largest absolute Gasteiger partial charge is 0.325 e. The monoisotopic (exact) mass is 284 g/mol. The van der Waals surface area contributed by atoms with Crippen LogP contribution in [0.3, 0.4) is 0 Å². The van der Waals surface area contributed by atoms with Gasteiger partial charge in [0.25, 0.3) is 5.56 Å². The van der Waals surface area contributed by atoms with Gasteiger partial charge in [0.05, 0.1) is 11.4 Å². The predicted molar refractivity (Wildman–Crippen MR) is 73.7 cm³/mol. The van der Waals surface area contributed by atoms with Crippen LogP contribution in [0.25, 0.3) is 0 Å². The van der Waals surface area contributed by atoms with Crippen molar-refractivity contribution < 1.29 is 13.2 Å². The number of rotatable bonds is 5. The molecule has 0 bridgehead atoms. The molecule has 19 heavy (non-hydrogen) atoms. The van der Waals surface area contributed by atoms with E-state index in [1.54, 1.807) is 14.0 Å². The van der Waals surface area contributed by atoms with E-state index in [0.29, 0.717) is 11.3 Å². The highest BCUT2D eigenvalue weighted by atomic mass is 32.2. The lowest BCUT2D eigenvalue weighted by Gasteiger charge is -2.09. The summed E-state index contributed by atoms with van der Waals surface area (Å²) >= 11 is 0. The molecule has 0 radical (unpaired) electrons. The maximum absolute atomic E-state index is 11.6. The summed E-state index contributed by atoms with van der Waals surface area (Å²) in [6.45, 7) is 4.86. The zero-order chi connectivity index (χ0) is 14.6. The Bertz CT molecular complexity index is 659. The molecule has 1 aromatic heterocycles. The van der Waals surface area contributed by atoms with Crippen molar-refractivity contribution in [3.8, 4) is 0 Å². The van der Waals surface area contributed by atoms with Crippen LogP contribution < -0.4 is 10.9 Å². The van der Waals surface area contributed by atoms with Crippen LogP contribution >= 0.6 is 0 Å². The van der Waals surface area contributed by atoms with Gasteiger partial charge in [0.15, 0.2) is 9.84 Å². The van der Waals surface area contributed by atoms with Crippen LogP contribution in [0.1, 0.15) is 12.0 Å². The van der Waals surface area contributed by atoms with E-state index < -0.39 is 15.7 Å². The second-order valence-electron chi connectivity index (χ2n) is 4.15. The fourth-order valence-corrected chi connectivity index (χ4v) is 2.02. The highest BCUT2D eigenvalue weighted by Crippen LogP contribution is 2.11. The summed E-state index contributed by atoms with van der Waals surface area (Å²) in [5.74, 6) is -0.708. The molecule has 0 aliphatic carbocycles. The molecule has 1 aromatic rings. The lowest BCUT2D eigenvalue weighted by atomic mass is 10.2. The minimum absolute atomic E-state index is 0.156. The zero-order valence-electron chi connectivity index (χ0n) is 10.8. The minimum Gasteiger partial charge on any atom is -0.325 e. The number of carbonyl (C=O) groups is 1. The molecule has 0 saturated heterocycles. The normalized spacial score (nSPS) is 11.1. The highest BCUT2D eigenvalue weighted by Gasteiger charge is 2.11. The summed E-state index contributed by atoms with van der Waals surface area (Å²) in [5.41, 5.74) is 0.941. The van der Waals surface area contributed by atoms with E-state index in [9.17, 15) is 18.0 Å². The Morgan fingerprint density at radius 1 is 1.53 bits per heavy atom. The van der Waals surface area contributed by atoms with Crippen LogP contribution in [0.2, 0.25) is 0 Å². The van der Waals surface area contributed by atoms with Crippen LogP contribution in [0.15, 0.2) is 29.0 Å². The fourth-order valence-electron chi connectivity index (χ4n) is 1.39. The average Bonchev–Trinajstić information content (AvgIpc) is 2.34. The van der Waals surface area contributed by atoms with Crippen molar-refractivity contribution in [1.82, 2.24) is 4.57 Å². The zero-order valence-corrected chi connectivity index (χ0v) is 11.7. The van der Waals surface area contributed by atoms with Gasteiger partial charge >= 0.3 is 0 Å². The summed E-state index contributed by atoms with van der Waals surface area (Å²) in [6.07, 6.45) is 1.34. The quantitative estimate of drug-likeness (QED) is 0.857. The number of amides is 1. The van der Waals surface area contributed by atoms with Gasteiger partial charge in [-0.15, -0.1) is 0 Å². The SMILES string of the molecule is C=CS(=O)(=O)CCC(=O)Nc1cn(C)c(=O)cc1C. The van der Waals surface area contributed by atoms with Gasteiger partial charge in [-0.05, 0) is 12.5 Å². The van der Waals surface area contributed by atoms with Crippen LogP contribution in [-0.4, -0.2) is 24.6 Å². The molecule has 0 spiro atoms. The number of nitrogens with one attached hydrogen (secondary N) is 1. The first-order valence-electron chi connectivity index (χ1n) is 5.57. The second kappa shape index (κ2) is 5.83. The first-order chi connectivity index (χ1) is 8.75. The van der Waals surface area contributed by atoms with Gasteiger partial charge in [-0.1, -0.05) is 6.58 Å². The van der Waals surface area contributed by atoms with Crippen molar-refractivity contribution in [2.75, 3.05) is 11.1 Å². The fraction of sp³-hybridized carbons (Fsp3) is 0.333. The third kappa shape index (κ3) is 4.36. The Kier molecular flexibility index (Phi) is 4.66. The van der Waals surface area contributed by atoms with E-state index in [1.807, 2.05) is 0 Å². The lowest BCUT2D eigenvalue weighted by molar-refractivity contribution is -0.115. The number of aryl methyl sites for hydroxylation is 2. The molecular formula is C12H16N2O4S. The molecule has 1 rings (SSSR count). The van der Waals surface area contributed by atoms with E-state index >= 15 is 0 Å². The van der Waals surface area contributed by atoms with Crippen molar-refractivity contribution in [3.05, 3.63) is 40.2 Å². The van der Waals surface area contributed by atoms with E-state index in [2.05, 4.69) is 11.9 Å². The first kappa shape index (κ1) is 15.2. The molecule has 0 saturated carbocycles. The molecule has 7 heteroatoms. The first-order valence-corrected chi connectivity index (χ1v) is 7.29. The minimum atomic E-state index is -3.38. The Morgan fingerprint density at radius 2 is 2.16 bits per heavy atom. The van der Waals surface area contributed by atoms with E-state index in [-0.39, 0.29) is 17.7 Å². The number of sulfone groups is 1. The number of hydrogen-bond acceptors (Lipinski definition) is 4. The van der Waals surface area contributed by atoms with E-state index in [4.69, 9.17) is 0 Å². The maximum Gasteiger partial charge on any atom is 0.250 e. The number of anilines is 1. The molecule has 0 unspecified atom stereocenters. The average molecular weight is 284 g/mol.